The number of benzene rings is 1. The van der Waals surface area contributed by atoms with Crippen LogP contribution in [0, 0.1) is 5.41 Å². The van der Waals surface area contributed by atoms with E-state index in [4.69, 9.17) is 5.11 Å². The van der Waals surface area contributed by atoms with Gasteiger partial charge in [0, 0.05) is 11.2 Å². The Labute approximate surface area is 121 Å². The van der Waals surface area contributed by atoms with Gasteiger partial charge in [0.2, 0.25) is 5.91 Å². The molecule has 2 aromatic rings. The zero-order valence-corrected chi connectivity index (χ0v) is 12.3. The molecule has 0 radical (unpaired) electrons. The highest BCUT2D eigenvalue weighted by Crippen LogP contribution is 2.25. The number of fused-ring (bicyclic) bond motifs is 1. The molecule has 2 N–H and O–H groups in total. The van der Waals surface area contributed by atoms with Gasteiger partial charge in [-0.3, -0.25) is 9.59 Å². The lowest BCUT2D eigenvalue weighted by atomic mass is 9.94. The van der Waals surface area contributed by atoms with Gasteiger partial charge in [0.1, 0.15) is 0 Å². The predicted octanol–water partition coefficient (Wildman–Crippen LogP) is 2.67. The van der Waals surface area contributed by atoms with Crippen molar-refractivity contribution in [2.75, 3.05) is 6.54 Å². The first kappa shape index (κ1) is 14.5. The lowest BCUT2D eigenvalue weighted by Gasteiger charge is -2.19. The van der Waals surface area contributed by atoms with Gasteiger partial charge in [-0.2, -0.15) is 0 Å². The number of nitrogens with one attached hydrogen (secondary N) is 1. The summed E-state index contributed by atoms with van der Waals surface area (Å²) in [6.07, 6.45) is 0.277. The first-order valence-corrected chi connectivity index (χ1v) is 7.23. The van der Waals surface area contributed by atoms with Crippen LogP contribution < -0.4 is 5.32 Å². The van der Waals surface area contributed by atoms with Crippen LogP contribution in [0.2, 0.25) is 0 Å². The third-order valence-corrected chi connectivity index (χ3v) is 4.23. The second-order valence-electron chi connectivity index (χ2n) is 5.40. The van der Waals surface area contributed by atoms with Gasteiger partial charge in [-0.05, 0) is 36.2 Å². The molecule has 1 aromatic heterocycles. The summed E-state index contributed by atoms with van der Waals surface area (Å²) in [5, 5.41) is 14.8. The molecule has 1 heterocycles. The summed E-state index contributed by atoms with van der Waals surface area (Å²) in [4.78, 5) is 22.9. The SMILES string of the molecule is CC(C)(CNC(=O)Cc1csc2ccccc12)C(=O)O. The summed E-state index contributed by atoms with van der Waals surface area (Å²) in [7, 11) is 0. The van der Waals surface area contributed by atoms with E-state index in [9.17, 15) is 9.59 Å². The molecule has 0 saturated heterocycles. The molecule has 0 bridgehead atoms. The first-order chi connectivity index (χ1) is 9.40. The van der Waals surface area contributed by atoms with E-state index in [1.54, 1.807) is 25.2 Å². The van der Waals surface area contributed by atoms with Crippen LogP contribution in [0.25, 0.3) is 10.1 Å². The molecule has 0 aliphatic carbocycles. The van der Waals surface area contributed by atoms with Gasteiger partial charge >= 0.3 is 5.97 Å². The van der Waals surface area contributed by atoms with Gasteiger partial charge in [0.15, 0.2) is 0 Å². The number of aliphatic carboxylic acids is 1. The van der Waals surface area contributed by atoms with Crippen molar-refractivity contribution in [2.24, 2.45) is 5.41 Å². The van der Waals surface area contributed by atoms with Gasteiger partial charge < -0.3 is 10.4 Å². The standard InChI is InChI=1S/C15H17NO3S/c1-15(2,14(18)19)9-16-13(17)7-10-8-20-12-6-4-3-5-11(10)12/h3-6,8H,7,9H2,1-2H3,(H,16,17)(H,18,19). The Kier molecular flexibility index (Phi) is 4.09. The highest BCUT2D eigenvalue weighted by Gasteiger charge is 2.27. The van der Waals surface area contributed by atoms with Crippen molar-refractivity contribution in [1.29, 1.82) is 0 Å². The summed E-state index contributed by atoms with van der Waals surface area (Å²) in [6, 6.07) is 7.94. The van der Waals surface area contributed by atoms with Crippen molar-refractivity contribution >= 4 is 33.3 Å². The van der Waals surface area contributed by atoms with Crippen molar-refractivity contribution in [1.82, 2.24) is 5.32 Å². The molecule has 0 atom stereocenters. The third-order valence-electron chi connectivity index (χ3n) is 3.22. The minimum atomic E-state index is -0.952. The zero-order valence-electron chi connectivity index (χ0n) is 11.5. The van der Waals surface area contributed by atoms with Gasteiger partial charge in [0.25, 0.3) is 0 Å². The van der Waals surface area contributed by atoms with E-state index in [1.165, 1.54) is 0 Å². The minimum Gasteiger partial charge on any atom is -0.481 e. The molecule has 5 heteroatoms. The Morgan fingerprint density at radius 2 is 2.00 bits per heavy atom. The zero-order chi connectivity index (χ0) is 14.8. The summed E-state index contributed by atoms with van der Waals surface area (Å²) in [5.74, 6) is -1.07. The van der Waals surface area contributed by atoms with Crippen molar-refractivity contribution < 1.29 is 14.7 Å². The van der Waals surface area contributed by atoms with Gasteiger partial charge in [0.05, 0.1) is 11.8 Å². The van der Waals surface area contributed by atoms with Crippen molar-refractivity contribution in [2.45, 2.75) is 20.3 Å². The first-order valence-electron chi connectivity index (χ1n) is 6.35. The Morgan fingerprint density at radius 3 is 2.70 bits per heavy atom. The normalized spacial score (nSPS) is 11.5. The molecular formula is C15H17NO3S. The fourth-order valence-corrected chi connectivity index (χ4v) is 2.76. The lowest BCUT2D eigenvalue weighted by Crippen LogP contribution is -2.39. The van der Waals surface area contributed by atoms with Crippen LogP contribution in [0.3, 0.4) is 0 Å². The summed E-state index contributed by atoms with van der Waals surface area (Å²) >= 11 is 1.61. The molecule has 106 valence electrons. The smallest absolute Gasteiger partial charge is 0.310 e. The van der Waals surface area contributed by atoms with E-state index in [1.807, 2.05) is 29.6 Å². The molecule has 1 amide bonds. The van der Waals surface area contributed by atoms with E-state index < -0.39 is 11.4 Å². The second kappa shape index (κ2) is 5.63. The van der Waals surface area contributed by atoms with Crippen molar-refractivity contribution in [3.8, 4) is 0 Å². The fourth-order valence-electron chi connectivity index (χ4n) is 1.80. The maximum atomic E-state index is 11.9. The summed E-state index contributed by atoms with van der Waals surface area (Å²) in [6.45, 7) is 3.31. The van der Waals surface area contributed by atoms with Gasteiger partial charge in [-0.15, -0.1) is 11.3 Å². The Hall–Kier alpha value is -1.88. The van der Waals surface area contributed by atoms with Gasteiger partial charge in [-0.1, -0.05) is 18.2 Å². The van der Waals surface area contributed by atoms with E-state index >= 15 is 0 Å². The molecule has 0 unspecified atom stereocenters. The van der Waals surface area contributed by atoms with Crippen LogP contribution in [0.1, 0.15) is 19.4 Å². The van der Waals surface area contributed by atoms with Crippen LogP contribution in [0.5, 0.6) is 0 Å². The highest BCUT2D eigenvalue weighted by molar-refractivity contribution is 7.17. The summed E-state index contributed by atoms with van der Waals surface area (Å²) in [5.41, 5.74) is 0.0306. The molecular weight excluding hydrogens is 274 g/mol. The van der Waals surface area contributed by atoms with Crippen LogP contribution in [-0.4, -0.2) is 23.5 Å². The Morgan fingerprint density at radius 1 is 1.30 bits per heavy atom. The van der Waals surface area contributed by atoms with E-state index in [0.29, 0.717) is 0 Å². The Bertz CT molecular complexity index is 645. The van der Waals surface area contributed by atoms with E-state index in [-0.39, 0.29) is 18.9 Å². The topological polar surface area (TPSA) is 66.4 Å². The number of amides is 1. The molecule has 20 heavy (non-hydrogen) atoms. The molecule has 1 aromatic carbocycles. The minimum absolute atomic E-state index is 0.128. The number of hydrogen-bond acceptors (Lipinski definition) is 3. The number of carbonyl (C=O) groups is 2. The maximum absolute atomic E-state index is 11.9. The van der Waals surface area contributed by atoms with Crippen molar-refractivity contribution in [3.05, 3.63) is 35.2 Å². The van der Waals surface area contributed by atoms with Gasteiger partial charge in [-0.25, -0.2) is 0 Å². The number of carboxylic acid groups (broad SMARTS) is 1. The molecule has 0 aliphatic rings. The largest absolute Gasteiger partial charge is 0.481 e. The average Bonchev–Trinajstić information content (AvgIpc) is 2.80. The van der Waals surface area contributed by atoms with E-state index in [0.717, 1.165) is 15.6 Å². The summed E-state index contributed by atoms with van der Waals surface area (Å²) < 4.78 is 1.15. The number of rotatable bonds is 5. The number of carbonyl (C=O) groups excluding carboxylic acids is 1. The lowest BCUT2D eigenvalue weighted by molar-refractivity contribution is -0.146. The van der Waals surface area contributed by atoms with Crippen molar-refractivity contribution in [3.63, 3.8) is 0 Å². The average molecular weight is 291 g/mol. The fraction of sp³-hybridized carbons (Fsp3) is 0.333. The molecule has 0 spiro atoms. The van der Waals surface area contributed by atoms with Crippen LogP contribution in [0.15, 0.2) is 29.6 Å². The third kappa shape index (κ3) is 3.17. The quantitative estimate of drug-likeness (QED) is 0.890. The van der Waals surface area contributed by atoms with Crippen LogP contribution in [-0.2, 0) is 16.0 Å². The number of hydrogen-bond donors (Lipinski definition) is 2. The number of thiophene rings is 1. The predicted molar refractivity (Wildman–Crippen MR) is 80.0 cm³/mol. The molecule has 0 saturated carbocycles. The molecule has 2 rings (SSSR count). The van der Waals surface area contributed by atoms with Crippen LogP contribution >= 0.6 is 11.3 Å². The second-order valence-corrected chi connectivity index (χ2v) is 6.31. The monoisotopic (exact) mass is 291 g/mol. The maximum Gasteiger partial charge on any atom is 0.310 e. The molecule has 4 nitrogen and oxygen atoms in total. The highest BCUT2D eigenvalue weighted by atomic mass is 32.1. The molecule has 0 aliphatic heterocycles. The van der Waals surface area contributed by atoms with E-state index in [2.05, 4.69) is 5.32 Å². The Balaban J connectivity index is 2.00. The molecule has 0 fully saturated rings. The van der Waals surface area contributed by atoms with Crippen LogP contribution in [0.4, 0.5) is 0 Å². The number of carboxylic acids is 1.